The van der Waals surface area contributed by atoms with Crippen LogP contribution in [0.3, 0.4) is 0 Å². The van der Waals surface area contributed by atoms with Crippen LogP contribution in [0.2, 0.25) is 0 Å². The third kappa shape index (κ3) is 3.56. The lowest BCUT2D eigenvalue weighted by Gasteiger charge is -2.32. The molecule has 2 aromatic rings. The van der Waals surface area contributed by atoms with Gasteiger partial charge in [0.2, 0.25) is 0 Å². The number of nitrogens with one attached hydrogen (secondary N) is 2. The molecule has 2 N–H and O–H groups in total. The second-order valence-electron chi connectivity index (χ2n) is 7.27. The van der Waals surface area contributed by atoms with Gasteiger partial charge in [0.1, 0.15) is 6.04 Å². The predicted octanol–water partition coefficient (Wildman–Crippen LogP) is 1.68. The van der Waals surface area contributed by atoms with Crippen molar-refractivity contribution in [3.63, 3.8) is 0 Å². The quantitative estimate of drug-likeness (QED) is 0.815. The third-order valence-corrected chi connectivity index (χ3v) is 7.42. The van der Waals surface area contributed by atoms with Gasteiger partial charge in [-0.2, -0.15) is 0 Å². The maximum absolute atomic E-state index is 12.7. The Balaban J connectivity index is 1.51. The molecule has 1 aliphatic carbocycles. The van der Waals surface area contributed by atoms with Crippen LogP contribution >= 0.6 is 11.3 Å². The average molecular weight is 392 g/mol. The average Bonchev–Trinajstić information content (AvgIpc) is 3.30. The normalized spacial score (nSPS) is 22.7. The van der Waals surface area contributed by atoms with E-state index >= 15 is 0 Å². The molecule has 1 aliphatic heterocycles. The van der Waals surface area contributed by atoms with Crippen LogP contribution in [0.4, 0.5) is 5.69 Å². The van der Waals surface area contributed by atoms with Gasteiger partial charge in [-0.05, 0) is 36.4 Å². The highest BCUT2D eigenvalue weighted by molar-refractivity contribution is 7.90. The molecule has 7 heteroatoms. The molecule has 2 aliphatic rings. The summed E-state index contributed by atoms with van der Waals surface area (Å²) in [6, 6.07) is 9.21. The number of sulfone groups is 1. The number of para-hydroxylation sites is 1. The van der Waals surface area contributed by atoms with E-state index in [9.17, 15) is 13.2 Å². The van der Waals surface area contributed by atoms with Crippen molar-refractivity contribution in [3.8, 4) is 0 Å². The molecule has 0 saturated heterocycles. The molecule has 2 heterocycles. The highest BCUT2D eigenvalue weighted by atomic mass is 32.2. The van der Waals surface area contributed by atoms with E-state index in [1.165, 1.54) is 34.2 Å². The SMILES string of the molecule is CS(=O)(=O)c1ccccc1NC(=O)C[NH+]1CCc2sccc2[C@H]1C1CC1. The van der Waals surface area contributed by atoms with Crippen LogP contribution in [0.5, 0.6) is 0 Å². The molecule has 1 saturated carbocycles. The number of benzene rings is 1. The largest absolute Gasteiger partial charge is 0.320 e. The molecule has 1 aromatic carbocycles. The first-order chi connectivity index (χ1) is 12.4. The molecule has 4 rings (SSSR count). The van der Waals surface area contributed by atoms with Gasteiger partial charge in [0.25, 0.3) is 5.91 Å². The lowest BCUT2D eigenvalue weighted by molar-refractivity contribution is -0.928. The van der Waals surface area contributed by atoms with Gasteiger partial charge < -0.3 is 10.2 Å². The molecule has 2 atom stereocenters. The Kier molecular flexibility index (Phi) is 4.62. The van der Waals surface area contributed by atoms with Crippen LogP contribution in [-0.2, 0) is 21.1 Å². The van der Waals surface area contributed by atoms with E-state index < -0.39 is 9.84 Å². The number of quaternary nitrogens is 1. The first-order valence-electron chi connectivity index (χ1n) is 8.93. The van der Waals surface area contributed by atoms with E-state index in [0.717, 1.165) is 19.2 Å². The molecule has 1 amide bonds. The summed E-state index contributed by atoms with van der Waals surface area (Å²) in [5.41, 5.74) is 1.79. The fourth-order valence-electron chi connectivity index (χ4n) is 3.99. The maximum Gasteiger partial charge on any atom is 0.279 e. The van der Waals surface area contributed by atoms with Crippen LogP contribution in [0.25, 0.3) is 0 Å². The Labute approximate surface area is 157 Å². The van der Waals surface area contributed by atoms with E-state index in [-0.39, 0.29) is 10.8 Å². The topological polar surface area (TPSA) is 67.7 Å². The van der Waals surface area contributed by atoms with E-state index in [1.807, 2.05) is 11.3 Å². The summed E-state index contributed by atoms with van der Waals surface area (Å²) in [7, 11) is -3.38. The Morgan fingerprint density at radius 1 is 1.27 bits per heavy atom. The minimum absolute atomic E-state index is 0.125. The fraction of sp³-hybridized carbons (Fsp3) is 0.421. The summed E-state index contributed by atoms with van der Waals surface area (Å²) in [4.78, 5) is 15.6. The fourth-order valence-corrected chi connectivity index (χ4v) is 5.76. The first kappa shape index (κ1) is 17.7. The van der Waals surface area contributed by atoms with Crippen LogP contribution in [0.1, 0.15) is 29.3 Å². The van der Waals surface area contributed by atoms with Crippen molar-refractivity contribution in [3.05, 3.63) is 46.2 Å². The van der Waals surface area contributed by atoms with Crippen molar-refractivity contribution in [2.75, 3.05) is 24.7 Å². The molecule has 1 unspecified atom stereocenters. The van der Waals surface area contributed by atoms with Gasteiger partial charge in [0.05, 0.1) is 17.1 Å². The molecular weight excluding hydrogens is 368 g/mol. The third-order valence-electron chi connectivity index (χ3n) is 5.27. The van der Waals surface area contributed by atoms with Gasteiger partial charge in [0.15, 0.2) is 16.4 Å². The van der Waals surface area contributed by atoms with Crippen LogP contribution < -0.4 is 10.2 Å². The van der Waals surface area contributed by atoms with Gasteiger partial charge in [0, 0.05) is 29.0 Å². The molecule has 5 nitrogen and oxygen atoms in total. The van der Waals surface area contributed by atoms with Crippen molar-refractivity contribution < 1.29 is 18.1 Å². The van der Waals surface area contributed by atoms with Gasteiger partial charge in [-0.15, -0.1) is 11.3 Å². The number of fused-ring (bicyclic) bond motifs is 1. The Morgan fingerprint density at radius 3 is 2.77 bits per heavy atom. The van der Waals surface area contributed by atoms with Crippen molar-refractivity contribution in [2.24, 2.45) is 5.92 Å². The minimum atomic E-state index is -3.38. The van der Waals surface area contributed by atoms with E-state index in [2.05, 4.69) is 16.8 Å². The standard InChI is InChI=1S/C19H22N2O3S2/c1-26(23,24)17-5-3-2-4-15(17)20-18(22)12-21-10-8-16-14(9-11-25-16)19(21)13-6-7-13/h2-5,9,11,13,19H,6-8,10,12H2,1H3,(H,20,22)/p+1/t19-/m1/s1. The number of hydrogen-bond acceptors (Lipinski definition) is 4. The van der Waals surface area contributed by atoms with Gasteiger partial charge >= 0.3 is 0 Å². The van der Waals surface area contributed by atoms with Crippen molar-refractivity contribution >= 4 is 32.8 Å². The summed E-state index contributed by atoms with van der Waals surface area (Å²) in [5, 5.41) is 4.98. The lowest BCUT2D eigenvalue weighted by Crippen LogP contribution is -3.14. The zero-order chi connectivity index (χ0) is 18.3. The summed E-state index contributed by atoms with van der Waals surface area (Å²) < 4.78 is 23.9. The van der Waals surface area contributed by atoms with E-state index in [1.54, 1.807) is 18.2 Å². The second kappa shape index (κ2) is 6.79. The van der Waals surface area contributed by atoms with Crippen molar-refractivity contribution in [2.45, 2.75) is 30.2 Å². The van der Waals surface area contributed by atoms with Crippen LogP contribution in [-0.4, -0.2) is 33.7 Å². The van der Waals surface area contributed by atoms with Crippen LogP contribution in [0.15, 0.2) is 40.6 Å². The number of carbonyl (C=O) groups is 1. The predicted molar refractivity (Wildman–Crippen MR) is 102 cm³/mol. The van der Waals surface area contributed by atoms with Crippen molar-refractivity contribution in [1.82, 2.24) is 0 Å². The van der Waals surface area contributed by atoms with Crippen molar-refractivity contribution in [1.29, 1.82) is 0 Å². The van der Waals surface area contributed by atoms with Gasteiger partial charge in [-0.3, -0.25) is 4.79 Å². The molecule has 0 bridgehead atoms. The number of hydrogen-bond donors (Lipinski definition) is 2. The molecule has 138 valence electrons. The smallest absolute Gasteiger partial charge is 0.279 e. The Bertz CT molecular complexity index is 932. The molecule has 0 radical (unpaired) electrons. The number of anilines is 1. The monoisotopic (exact) mass is 391 g/mol. The maximum atomic E-state index is 12.7. The minimum Gasteiger partial charge on any atom is -0.320 e. The number of rotatable bonds is 5. The first-order valence-corrected chi connectivity index (χ1v) is 11.7. The summed E-state index contributed by atoms with van der Waals surface area (Å²) in [5.74, 6) is 0.551. The van der Waals surface area contributed by atoms with E-state index in [0.29, 0.717) is 24.2 Å². The molecule has 0 spiro atoms. The van der Waals surface area contributed by atoms with E-state index in [4.69, 9.17) is 0 Å². The number of carbonyl (C=O) groups excluding carboxylic acids is 1. The summed E-state index contributed by atoms with van der Waals surface area (Å²) in [6.45, 7) is 1.32. The van der Waals surface area contributed by atoms with Crippen LogP contribution in [0, 0.1) is 5.92 Å². The zero-order valence-electron chi connectivity index (χ0n) is 14.7. The highest BCUT2D eigenvalue weighted by Gasteiger charge is 2.43. The Hall–Kier alpha value is -1.70. The highest BCUT2D eigenvalue weighted by Crippen LogP contribution is 2.42. The molecule has 26 heavy (non-hydrogen) atoms. The molecule has 1 fully saturated rings. The Morgan fingerprint density at radius 2 is 2.04 bits per heavy atom. The van der Waals surface area contributed by atoms with Gasteiger partial charge in [-0.25, -0.2) is 8.42 Å². The van der Waals surface area contributed by atoms with Gasteiger partial charge in [-0.1, -0.05) is 12.1 Å². The lowest BCUT2D eigenvalue weighted by atomic mass is 9.96. The number of amides is 1. The second-order valence-corrected chi connectivity index (χ2v) is 10.3. The molecular formula is C19H23N2O3S2+. The molecule has 1 aromatic heterocycles. The summed E-state index contributed by atoms with van der Waals surface area (Å²) in [6.07, 6.45) is 4.65. The number of thiophene rings is 1. The zero-order valence-corrected chi connectivity index (χ0v) is 16.3. The summed E-state index contributed by atoms with van der Waals surface area (Å²) >= 11 is 1.82.